The van der Waals surface area contributed by atoms with Crippen molar-refractivity contribution in [2.24, 2.45) is 0 Å². The van der Waals surface area contributed by atoms with Crippen molar-refractivity contribution < 1.29 is 28.6 Å². The van der Waals surface area contributed by atoms with Crippen LogP contribution in [0.1, 0.15) is 194 Å². The molecule has 0 saturated carbocycles. The van der Waals surface area contributed by atoms with Crippen molar-refractivity contribution in [3.05, 3.63) is 48.6 Å². The van der Waals surface area contributed by atoms with Gasteiger partial charge in [-0.3, -0.25) is 14.4 Å². The first kappa shape index (κ1) is 47.4. The number of rotatable bonds is 36. The molecular weight excluding hydrogens is 624 g/mol. The second-order valence-electron chi connectivity index (χ2n) is 13.5. The van der Waals surface area contributed by atoms with E-state index in [0.717, 1.165) is 64.2 Å². The predicted octanol–water partition coefficient (Wildman–Crippen LogP) is 12.8. The minimum absolute atomic E-state index is 0.0936. The third-order valence-corrected chi connectivity index (χ3v) is 8.61. The van der Waals surface area contributed by atoms with Crippen molar-refractivity contribution in [1.82, 2.24) is 0 Å². The van der Waals surface area contributed by atoms with Gasteiger partial charge in [0.05, 0.1) is 0 Å². The Kier molecular flexibility index (Phi) is 37.1. The Hall–Kier alpha value is -2.63. The summed E-state index contributed by atoms with van der Waals surface area (Å²) in [6.07, 6.45) is 44.0. The highest BCUT2D eigenvalue weighted by Gasteiger charge is 2.19. The molecule has 0 aliphatic carbocycles. The maximum absolute atomic E-state index is 12.6. The Morgan fingerprint density at radius 3 is 1.22 bits per heavy atom. The van der Waals surface area contributed by atoms with Crippen LogP contribution < -0.4 is 0 Å². The average Bonchev–Trinajstić information content (AvgIpc) is 3.11. The number of hydrogen-bond donors (Lipinski definition) is 0. The highest BCUT2D eigenvalue weighted by atomic mass is 16.6. The largest absolute Gasteiger partial charge is 0.462 e. The van der Waals surface area contributed by atoms with E-state index in [1.165, 1.54) is 83.5 Å². The van der Waals surface area contributed by atoms with E-state index in [4.69, 9.17) is 14.2 Å². The van der Waals surface area contributed by atoms with Gasteiger partial charge < -0.3 is 14.2 Å². The van der Waals surface area contributed by atoms with Crippen LogP contribution >= 0.6 is 0 Å². The number of allylic oxidation sites excluding steroid dienone is 8. The maximum Gasteiger partial charge on any atom is 0.306 e. The molecule has 0 aromatic carbocycles. The fraction of sp³-hybridized carbons (Fsp3) is 0.750. The van der Waals surface area contributed by atoms with Gasteiger partial charge in [-0.25, -0.2) is 0 Å². The van der Waals surface area contributed by atoms with Crippen LogP contribution in [0.4, 0.5) is 0 Å². The minimum atomic E-state index is -0.792. The molecule has 0 saturated heterocycles. The zero-order valence-corrected chi connectivity index (χ0v) is 32.7. The molecule has 0 bridgehead atoms. The lowest BCUT2D eigenvalue weighted by Gasteiger charge is -2.18. The van der Waals surface area contributed by atoms with Crippen molar-refractivity contribution in [3.63, 3.8) is 0 Å². The third kappa shape index (κ3) is 36.6. The van der Waals surface area contributed by atoms with Crippen LogP contribution in [0.15, 0.2) is 48.6 Å². The summed E-state index contributed by atoms with van der Waals surface area (Å²) in [6.45, 7) is 6.39. The molecule has 0 amide bonds. The van der Waals surface area contributed by atoms with Gasteiger partial charge in [-0.05, 0) is 44.9 Å². The molecule has 1 atom stereocenters. The molecule has 0 aromatic rings. The summed E-state index contributed by atoms with van der Waals surface area (Å²) in [5.74, 6) is -0.990. The van der Waals surface area contributed by atoms with Gasteiger partial charge in [0, 0.05) is 19.3 Å². The van der Waals surface area contributed by atoms with Gasteiger partial charge in [0.15, 0.2) is 6.10 Å². The maximum atomic E-state index is 12.6. The van der Waals surface area contributed by atoms with Gasteiger partial charge in [0.2, 0.25) is 0 Å². The van der Waals surface area contributed by atoms with Gasteiger partial charge >= 0.3 is 17.9 Å². The van der Waals surface area contributed by atoms with E-state index in [2.05, 4.69) is 57.2 Å². The number of carbonyl (C=O) groups excluding carboxylic acids is 3. The quantitative estimate of drug-likeness (QED) is 0.0280. The zero-order chi connectivity index (χ0) is 36.6. The van der Waals surface area contributed by atoms with E-state index in [9.17, 15) is 14.4 Å². The third-order valence-electron chi connectivity index (χ3n) is 8.61. The molecule has 0 aliphatic rings. The zero-order valence-electron chi connectivity index (χ0n) is 32.7. The van der Waals surface area contributed by atoms with Crippen LogP contribution in [0.25, 0.3) is 0 Å². The molecule has 0 aliphatic heterocycles. The summed E-state index contributed by atoms with van der Waals surface area (Å²) in [5, 5.41) is 0. The number of ether oxygens (including phenoxy) is 3. The van der Waals surface area contributed by atoms with Crippen molar-refractivity contribution in [2.75, 3.05) is 13.2 Å². The van der Waals surface area contributed by atoms with Crippen LogP contribution in [-0.4, -0.2) is 37.2 Å². The van der Waals surface area contributed by atoms with Gasteiger partial charge in [-0.15, -0.1) is 0 Å². The fourth-order valence-corrected chi connectivity index (χ4v) is 5.51. The average molecular weight is 701 g/mol. The number of carbonyl (C=O) groups is 3. The van der Waals surface area contributed by atoms with Gasteiger partial charge in [-0.1, -0.05) is 179 Å². The second kappa shape index (κ2) is 39.2. The first-order chi connectivity index (χ1) is 24.5. The lowest BCUT2D eigenvalue weighted by atomic mass is 10.0. The molecule has 50 heavy (non-hydrogen) atoms. The van der Waals surface area contributed by atoms with Crippen LogP contribution in [0.3, 0.4) is 0 Å². The number of esters is 3. The monoisotopic (exact) mass is 701 g/mol. The Labute approximate surface area is 307 Å². The van der Waals surface area contributed by atoms with Gasteiger partial charge in [0.1, 0.15) is 13.2 Å². The molecule has 0 rings (SSSR count). The summed E-state index contributed by atoms with van der Waals surface area (Å²) in [4.78, 5) is 37.4. The Morgan fingerprint density at radius 1 is 0.420 bits per heavy atom. The Bertz CT molecular complexity index is 902. The van der Waals surface area contributed by atoms with E-state index in [1.54, 1.807) is 0 Å². The predicted molar refractivity (Wildman–Crippen MR) is 210 cm³/mol. The lowest BCUT2D eigenvalue weighted by molar-refractivity contribution is -0.166. The van der Waals surface area contributed by atoms with Crippen LogP contribution in [0, 0.1) is 0 Å². The smallest absolute Gasteiger partial charge is 0.306 e. The van der Waals surface area contributed by atoms with Gasteiger partial charge in [-0.2, -0.15) is 0 Å². The first-order valence-corrected chi connectivity index (χ1v) is 20.6. The van der Waals surface area contributed by atoms with Crippen LogP contribution in [0.2, 0.25) is 0 Å². The fourth-order valence-electron chi connectivity index (χ4n) is 5.51. The molecular formula is C44H76O6. The molecule has 6 nitrogen and oxygen atoms in total. The van der Waals surface area contributed by atoms with E-state index in [1.807, 2.05) is 12.2 Å². The lowest BCUT2D eigenvalue weighted by Crippen LogP contribution is -2.30. The number of unbranched alkanes of at least 4 members (excludes halogenated alkanes) is 17. The minimum Gasteiger partial charge on any atom is -0.462 e. The summed E-state index contributed by atoms with van der Waals surface area (Å²) in [7, 11) is 0. The number of hydrogen-bond acceptors (Lipinski definition) is 6. The molecule has 288 valence electrons. The highest BCUT2D eigenvalue weighted by molar-refractivity contribution is 5.71. The second-order valence-corrected chi connectivity index (χ2v) is 13.5. The Morgan fingerprint density at radius 2 is 0.780 bits per heavy atom. The highest BCUT2D eigenvalue weighted by Crippen LogP contribution is 2.14. The molecule has 1 unspecified atom stereocenters. The van der Waals surface area contributed by atoms with Crippen molar-refractivity contribution in [3.8, 4) is 0 Å². The molecule has 0 heterocycles. The van der Waals surface area contributed by atoms with E-state index in [-0.39, 0.29) is 37.5 Å². The standard InChI is InChI=1S/C44H76O6/c1-4-7-10-13-16-18-20-22-24-25-28-31-34-37-43(46)49-40-41(39-48-42(45)36-33-30-27-15-12-9-6-3)50-44(47)38-35-32-29-26-23-21-19-17-14-11-8-5-2/h7,10,16,18,22,24,28,31,41H,4-6,8-9,11-15,17,19-21,23,25-27,29-30,32-40H2,1-3H3/b10-7-,18-16-,24-22-,31-28-. The van der Waals surface area contributed by atoms with Crippen molar-refractivity contribution in [1.29, 1.82) is 0 Å². The van der Waals surface area contributed by atoms with Crippen LogP contribution in [0.5, 0.6) is 0 Å². The van der Waals surface area contributed by atoms with Crippen molar-refractivity contribution in [2.45, 2.75) is 200 Å². The molecule has 6 heteroatoms. The molecule has 0 N–H and O–H groups in total. The topological polar surface area (TPSA) is 78.9 Å². The SMILES string of the molecule is CC/C=C\C/C=C\C/C=C\C/C=C\CCC(=O)OCC(COC(=O)CCCCCCCCC)OC(=O)CCCCCCCCCCCCCC. The van der Waals surface area contributed by atoms with Gasteiger partial charge in [0.25, 0.3) is 0 Å². The van der Waals surface area contributed by atoms with Crippen molar-refractivity contribution >= 4 is 17.9 Å². The normalized spacial score (nSPS) is 12.5. The molecule has 0 spiro atoms. The van der Waals surface area contributed by atoms with Crippen LogP contribution in [-0.2, 0) is 28.6 Å². The Balaban J connectivity index is 4.44. The summed E-state index contributed by atoms with van der Waals surface area (Å²) < 4.78 is 16.5. The molecule has 0 aromatic heterocycles. The van der Waals surface area contributed by atoms with E-state index >= 15 is 0 Å². The molecule has 0 radical (unpaired) electrons. The summed E-state index contributed by atoms with van der Waals surface area (Å²) in [6, 6.07) is 0. The summed E-state index contributed by atoms with van der Waals surface area (Å²) in [5.41, 5.74) is 0. The first-order valence-electron chi connectivity index (χ1n) is 20.6. The molecule has 0 fully saturated rings. The van der Waals surface area contributed by atoms with E-state index < -0.39 is 6.10 Å². The summed E-state index contributed by atoms with van der Waals surface area (Å²) >= 11 is 0. The van der Waals surface area contributed by atoms with E-state index in [0.29, 0.717) is 19.3 Å².